The van der Waals surface area contributed by atoms with E-state index in [1.165, 1.54) is 0 Å². The number of hydrogen-bond donors (Lipinski definition) is 0. The Balaban J connectivity index is 2.09. The normalized spacial score (nSPS) is 19.0. The van der Waals surface area contributed by atoms with Gasteiger partial charge < -0.3 is 4.90 Å². The molecule has 0 radical (unpaired) electrons. The third-order valence-electron chi connectivity index (χ3n) is 2.93. The molecule has 2 rings (SSSR count). The van der Waals surface area contributed by atoms with E-state index in [1.54, 1.807) is 17.0 Å². The lowest BCUT2D eigenvalue weighted by Crippen LogP contribution is -2.43. The summed E-state index contributed by atoms with van der Waals surface area (Å²) in [5.74, 6) is 0.0646. The van der Waals surface area contributed by atoms with Crippen molar-refractivity contribution < 1.29 is 13.2 Å². The summed E-state index contributed by atoms with van der Waals surface area (Å²) in [4.78, 5) is 13.7. The molecule has 17 heavy (non-hydrogen) atoms. The molecule has 0 N–H and O–H groups in total. The van der Waals surface area contributed by atoms with Crippen molar-refractivity contribution >= 4 is 15.7 Å². The fourth-order valence-corrected chi connectivity index (χ4v) is 3.00. The van der Waals surface area contributed by atoms with Crippen LogP contribution in [0.2, 0.25) is 0 Å². The molecule has 0 aliphatic carbocycles. The maximum Gasteiger partial charge on any atom is 0.253 e. The summed E-state index contributed by atoms with van der Waals surface area (Å²) in [7, 11) is -2.93. The molecule has 1 fully saturated rings. The van der Waals surface area contributed by atoms with E-state index in [-0.39, 0.29) is 17.4 Å². The molecule has 0 unspecified atom stereocenters. The molecule has 0 aromatic heterocycles. The summed E-state index contributed by atoms with van der Waals surface area (Å²) in [5, 5.41) is 0. The summed E-state index contributed by atoms with van der Waals surface area (Å²) < 4.78 is 22.5. The number of benzene rings is 1. The van der Waals surface area contributed by atoms with Gasteiger partial charge in [-0.2, -0.15) is 0 Å². The summed E-state index contributed by atoms with van der Waals surface area (Å²) in [6.45, 7) is 2.56. The second-order valence-corrected chi connectivity index (χ2v) is 6.61. The third-order valence-corrected chi connectivity index (χ3v) is 4.54. The molecule has 0 spiro atoms. The second kappa shape index (κ2) is 4.49. The molecule has 0 saturated carbocycles. The minimum atomic E-state index is -2.93. The molecule has 4 nitrogen and oxygen atoms in total. The van der Waals surface area contributed by atoms with Gasteiger partial charge in [-0.15, -0.1) is 0 Å². The molecule has 1 heterocycles. The molecule has 1 aromatic carbocycles. The van der Waals surface area contributed by atoms with E-state index >= 15 is 0 Å². The molecule has 92 valence electrons. The zero-order chi connectivity index (χ0) is 12.5. The van der Waals surface area contributed by atoms with E-state index in [0.29, 0.717) is 18.7 Å². The first-order chi connectivity index (χ1) is 7.98. The second-order valence-electron chi connectivity index (χ2n) is 4.31. The summed E-state index contributed by atoms with van der Waals surface area (Å²) >= 11 is 0. The molecule has 5 heteroatoms. The van der Waals surface area contributed by atoms with E-state index in [1.807, 2.05) is 19.1 Å². The van der Waals surface area contributed by atoms with Crippen molar-refractivity contribution in [1.29, 1.82) is 0 Å². The number of sulfone groups is 1. The average Bonchev–Trinajstić information content (AvgIpc) is 2.29. The van der Waals surface area contributed by atoms with E-state index in [9.17, 15) is 13.2 Å². The Morgan fingerprint density at radius 3 is 2.18 bits per heavy atom. The molecule has 1 saturated heterocycles. The molecular weight excluding hydrogens is 238 g/mol. The van der Waals surface area contributed by atoms with E-state index < -0.39 is 9.84 Å². The number of carbonyl (C=O) groups excluding carboxylic acids is 1. The fraction of sp³-hybridized carbons (Fsp3) is 0.417. The quantitative estimate of drug-likeness (QED) is 0.746. The van der Waals surface area contributed by atoms with Crippen LogP contribution in [-0.4, -0.2) is 43.8 Å². The zero-order valence-corrected chi connectivity index (χ0v) is 10.5. The Morgan fingerprint density at radius 1 is 1.12 bits per heavy atom. The Kier molecular flexibility index (Phi) is 3.19. The van der Waals surface area contributed by atoms with Crippen molar-refractivity contribution in [2.45, 2.75) is 6.92 Å². The molecule has 1 aliphatic rings. The highest BCUT2D eigenvalue weighted by atomic mass is 32.2. The van der Waals surface area contributed by atoms with Gasteiger partial charge in [0, 0.05) is 18.7 Å². The van der Waals surface area contributed by atoms with Crippen molar-refractivity contribution in [3.05, 3.63) is 35.4 Å². The minimum absolute atomic E-state index is 0.0740. The molecule has 1 aromatic rings. The number of rotatable bonds is 1. The standard InChI is InChI=1S/C12H15NO3S/c1-10-2-4-11(5-3-10)12(14)13-6-8-17(15,16)9-7-13/h2-5H,6-9H2,1H3. The largest absolute Gasteiger partial charge is 0.337 e. The van der Waals surface area contributed by atoms with Crippen LogP contribution < -0.4 is 0 Å². The van der Waals surface area contributed by atoms with Crippen LogP contribution in [0.25, 0.3) is 0 Å². The Morgan fingerprint density at radius 2 is 1.65 bits per heavy atom. The van der Waals surface area contributed by atoms with Gasteiger partial charge in [-0.3, -0.25) is 4.79 Å². The predicted octanol–water partition coefficient (Wildman–Crippen LogP) is 0.866. The van der Waals surface area contributed by atoms with Gasteiger partial charge in [0.25, 0.3) is 5.91 Å². The van der Waals surface area contributed by atoms with Crippen molar-refractivity contribution in [2.75, 3.05) is 24.6 Å². The lowest BCUT2D eigenvalue weighted by Gasteiger charge is -2.26. The maximum atomic E-state index is 12.1. The van der Waals surface area contributed by atoms with Crippen molar-refractivity contribution in [3.63, 3.8) is 0 Å². The Bertz CT molecular complexity index is 505. The summed E-state index contributed by atoms with van der Waals surface area (Å²) in [6.07, 6.45) is 0. The van der Waals surface area contributed by atoms with Crippen LogP contribution in [0, 0.1) is 6.92 Å². The number of nitrogens with zero attached hydrogens (tertiary/aromatic N) is 1. The van der Waals surface area contributed by atoms with Crippen LogP contribution in [0.5, 0.6) is 0 Å². The van der Waals surface area contributed by atoms with Gasteiger partial charge in [0.05, 0.1) is 11.5 Å². The van der Waals surface area contributed by atoms with Crippen molar-refractivity contribution in [3.8, 4) is 0 Å². The smallest absolute Gasteiger partial charge is 0.253 e. The first-order valence-corrected chi connectivity index (χ1v) is 7.36. The summed E-state index contributed by atoms with van der Waals surface area (Å²) in [5.41, 5.74) is 1.72. The SMILES string of the molecule is Cc1ccc(C(=O)N2CCS(=O)(=O)CC2)cc1. The molecule has 1 aliphatic heterocycles. The molecular formula is C12H15NO3S. The first kappa shape index (κ1) is 12.1. The highest BCUT2D eigenvalue weighted by Crippen LogP contribution is 2.10. The predicted molar refractivity (Wildman–Crippen MR) is 65.7 cm³/mol. The maximum absolute atomic E-state index is 12.1. The molecule has 0 atom stereocenters. The van der Waals surface area contributed by atoms with Gasteiger partial charge >= 0.3 is 0 Å². The van der Waals surface area contributed by atoms with Gasteiger partial charge in [0.15, 0.2) is 9.84 Å². The van der Waals surface area contributed by atoms with Crippen molar-refractivity contribution in [2.24, 2.45) is 0 Å². The van der Waals surface area contributed by atoms with Crippen LogP contribution in [0.1, 0.15) is 15.9 Å². The monoisotopic (exact) mass is 253 g/mol. The zero-order valence-electron chi connectivity index (χ0n) is 9.72. The van der Waals surface area contributed by atoms with Gasteiger partial charge in [-0.1, -0.05) is 17.7 Å². The fourth-order valence-electron chi connectivity index (χ4n) is 1.79. The van der Waals surface area contributed by atoms with Crippen molar-refractivity contribution in [1.82, 2.24) is 4.90 Å². The highest BCUT2D eigenvalue weighted by Gasteiger charge is 2.25. The van der Waals surface area contributed by atoms with Crippen LogP contribution >= 0.6 is 0 Å². The number of aryl methyl sites for hydroxylation is 1. The Hall–Kier alpha value is -1.36. The average molecular weight is 253 g/mol. The van der Waals surface area contributed by atoms with Crippen LogP contribution in [0.3, 0.4) is 0 Å². The van der Waals surface area contributed by atoms with Gasteiger partial charge in [-0.25, -0.2) is 8.42 Å². The van der Waals surface area contributed by atoms with Gasteiger partial charge in [-0.05, 0) is 19.1 Å². The van der Waals surface area contributed by atoms with Gasteiger partial charge in [0.2, 0.25) is 0 Å². The first-order valence-electron chi connectivity index (χ1n) is 5.54. The number of hydrogen-bond acceptors (Lipinski definition) is 3. The topological polar surface area (TPSA) is 54.5 Å². The van der Waals surface area contributed by atoms with E-state index in [4.69, 9.17) is 0 Å². The molecule has 0 bridgehead atoms. The van der Waals surface area contributed by atoms with E-state index in [2.05, 4.69) is 0 Å². The highest BCUT2D eigenvalue weighted by molar-refractivity contribution is 7.91. The Labute approximate surface area is 101 Å². The number of carbonyl (C=O) groups is 1. The lowest BCUT2D eigenvalue weighted by atomic mass is 10.1. The van der Waals surface area contributed by atoms with Crippen LogP contribution in [0.4, 0.5) is 0 Å². The van der Waals surface area contributed by atoms with Gasteiger partial charge in [0.1, 0.15) is 0 Å². The molecule has 1 amide bonds. The minimum Gasteiger partial charge on any atom is -0.337 e. The van der Waals surface area contributed by atoms with Crippen LogP contribution in [0.15, 0.2) is 24.3 Å². The van der Waals surface area contributed by atoms with Crippen LogP contribution in [-0.2, 0) is 9.84 Å². The third kappa shape index (κ3) is 2.85. The number of amides is 1. The summed E-state index contributed by atoms with van der Waals surface area (Å²) in [6, 6.07) is 7.32. The lowest BCUT2D eigenvalue weighted by molar-refractivity contribution is 0.0770. The van der Waals surface area contributed by atoms with E-state index in [0.717, 1.165) is 5.56 Å².